The highest BCUT2D eigenvalue weighted by Gasteiger charge is 2.05. The van der Waals surface area contributed by atoms with Gasteiger partial charge in [-0.3, -0.25) is 0 Å². The lowest BCUT2D eigenvalue weighted by molar-refractivity contribution is 0.167. The SMILES string of the molecule is OC(CCCSc1ccccc1)c1ccccc1. The number of hydrogen-bond acceptors (Lipinski definition) is 2. The molecule has 2 heteroatoms. The highest BCUT2D eigenvalue weighted by Crippen LogP contribution is 2.22. The second-order valence-corrected chi connectivity index (χ2v) is 5.40. The van der Waals surface area contributed by atoms with Crippen LogP contribution in [0.4, 0.5) is 0 Å². The van der Waals surface area contributed by atoms with Crippen molar-refractivity contribution in [3.8, 4) is 0 Å². The van der Waals surface area contributed by atoms with E-state index in [2.05, 4.69) is 24.3 Å². The highest BCUT2D eigenvalue weighted by atomic mass is 32.2. The third kappa shape index (κ3) is 4.21. The quantitative estimate of drug-likeness (QED) is 0.616. The van der Waals surface area contributed by atoms with Crippen LogP contribution in [0.3, 0.4) is 0 Å². The second-order valence-electron chi connectivity index (χ2n) is 4.23. The van der Waals surface area contributed by atoms with Gasteiger partial charge >= 0.3 is 0 Å². The Kier molecular flexibility index (Phi) is 5.31. The van der Waals surface area contributed by atoms with Gasteiger partial charge in [0.25, 0.3) is 0 Å². The molecule has 0 heterocycles. The average Bonchev–Trinajstić information content (AvgIpc) is 2.45. The molecule has 0 fully saturated rings. The Morgan fingerprint density at radius 1 is 0.889 bits per heavy atom. The van der Waals surface area contributed by atoms with Gasteiger partial charge in [0, 0.05) is 4.90 Å². The third-order valence-corrected chi connectivity index (χ3v) is 3.92. The van der Waals surface area contributed by atoms with E-state index < -0.39 is 0 Å². The van der Waals surface area contributed by atoms with Gasteiger partial charge in [-0.15, -0.1) is 11.8 Å². The summed E-state index contributed by atoms with van der Waals surface area (Å²) in [4.78, 5) is 1.30. The first-order valence-corrected chi connectivity index (χ1v) is 7.25. The maximum atomic E-state index is 10.0. The summed E-state index contributed by atoms with van der Waals surface area (Å²) in [5.74, 6) is 1.05. The summed E-state index contributed by atoms with van der Waals surface area (Å²) in [6.45, 7) is 0. The highest BCUT2D eigenvalue weighted by molar-refractivity contribution is 7.99. The number of aliphatic hydroxyl groups is 1. The molecular weight excluding hydrogens is 240 g/mol. The summed E-state index contributed by atoms with van der Waals surface area (Å²) in [5, 5.41) is 10.0. The van der Waals surface area contributed by atoms with Crippen LogP contribution in [0.2, 0.25) is 0 Å². The Morgan fingerprint density at radius 3 is 2.17 bits per heavy atom. The maximum Gasteiger partial charge on any atom is 0.0790 e. The van der Waals surface area contributed by atoms with E-state index in [1.54, 1.807) is 0 Å². The van der Waals surface area contributed by atoms with Crippen LogP contribution in [-0.2, 0) is 0 Å². The molecule has 0 amide bonds. The molecule has 0 saturated carbocycles. The molecule has 94 valence electrons. The molecule has 1 nitrogen and oxygen atoms in total. The van der Waals surface area contributed by atoms with Crippen LogP contribution in [0.25, 0.3) is 0 Å². The van der Waals surface area contributed by atoms with E-state index in [9.17, 15) is 5.11 Å². The van der Waals surface area contributed by atoms with Gasteiger partial charge in [0.1, 0.15) is 0 Å². The zero-order valence-corrected chi connectivity index (χ0v) is 11.1. The number of rotatable bonds is 6. The smallest absolute Gasteiger partial charge is 0.0790 e. The van der Waals surface area contributed by atoms with Crippen molar-refractivity contribution in [2.24, 2.45) is 0 Å². The molecule has 1 unspecified atom stereocenters. The van der Waals surface area contributed by atoms with Crippen LogP contribution in [0.1, 0.15) is 24.5 Å². The first-order valence-electron chi connectivity index (χ1n) is 6.27. The average molecular weight is 258 g/mol. The Morgan fingerprint density at radius 2 is 1.50 bits per heavy atom. The van der Waals surface area contributed by atoms with Crippen molar-refractivity contribution in [3.05, 3.63) is 66.2 Å². The molecule has 0 aliphatic rings. The zero-order valence-electron chi connectivity index (χ0n) is 10.3. The van der Waals surface area contributed by atoms with Gasteiger partial charge in [-0.25, -0.2) is 0 Å². The van der Waals surface area contributed by atoms with E-state index in [1.165, 1.54) is 4.90 Å². The van der Waals surface area contributed by atoms with Crippen molar-refractivity contribution in [3.63, 3.8) is 0 Å². The van der Waals surface area contributed by atoms with Crippen molar-refractivity contribution >= 4 is 11.8 Å². The molecule has 18 heavy (non-hydrogen) atoms. The molecule has 2 aromatic carbocycles. The largest absolute Gasteiger partial charge is 0.388 e. The predicted molar refractivity (Wildman–Crippen MR) is 77.8 cm³/mol. The summed E-state index contributed by atoms with van der Waals surface area (Å²) >= 11 is 1.85. The van der Waals surface area contributed by atoms with E-state index >= 15 is 0 Å². The van der Waals surface area contributed by atoms with Crippen molar-refractivity contribution in [2.45, 2.75) is 23.8 Å². The lowest BCUT2D eigenvalue weighted by Crippen LogP contribution is -1.97. The summed E-state index contributed by atoms with van der Waals surface area (Å²) in [7, 11) is 0. The Hall–Kier alpha value is -1.25. The fraction of sp³-hybridized carbons (Fsp3) is 0.250. The third-order valence-electron chi connectivity index (χ3n) is 2.82. The van der Waals surface area contributed by atoms with Gasteiger partial charge < -0.3 is 5.11 Å². The minimum atomic E-state index is -0.331. The van der Waals surface area contributed by atoms with E-state index in [1.807, 2.05) is 48.2 Å². The predicted octanol–water partition coefficient (Wildman–Crippen LogP) is 4.29. The van der Waals surface area contributed by atoms with Gasteiger partial charge in [0.15, 0.2) is 0 Å². The van der Waals surface area contributed by atoms with Crippen LogP contribution >= 0.6 is 11.8 Å². The first kappa shape index (κ1) is 13.2. The maximum absolute atomic E-state index is 10.0. The molecule has 0 saturated heterocycles. The van der Waals surface area contributed by atoms with Crippen LogP contribution in [0.15, 0.2) is 65.6 Å². The molecule has 0 aromatic heterocycles. The van der Waals surface area contributed by atoms with Crippen molar-refractivity contribution in [1.29, 1.82) is 0 Å². The summed E-state index contributed by atoms with van der Waals surface area (Å²) in [6, 6.07) is 20.3. The van der Waals surface area contributed by atoms with Gasteiger partial charge in [-0.2, -0.15) is 0 Å². The van der Waals surface area contributed by atoms with Crippen LogP contribution in [-0.4, -0.2) is 10.9 Å². The number of hydrogen-bond donors (Lipinski definition) is 1. The topological polar surface area (TPSA) is 20.2 Å². The molecular formula is C16H18OS. The van der Waals surface area contributed by atoms with E-state index in [0.717, 1.165) is 24.2 Å². The van der Waals surface area contributed by atoms with Gasteiger partial charge in [0.05, 0.1) is 6.10 Å². The van der Waals surface area contributed by atoms with E-state index in [-0.39, 0.29) is 6.10 Å². The van der Waals surface area contributed by atoms with Crippen molar-refractivity contribution < 1.29 is 5.11 Å². The summed E-state index contributed by atoms with van der Waals surface area (Å²) in [6.07, 6.45) is 1.52. The van der Waals surface area contributed by atoms with E-state index in [0.29, 0.717) is 0 Å². The van der Waals surface area contributed by atoms with Crippen molar-refractivity contribution in [2.75, 3.05) is 5.75 Å². The van der Waals surface area contributed by atoms with Crippen LogP contribution in [0.5, 0.6) is 0 Å². The molecule has 0 bridgehead atoms. The molecule has 0 aliphatic carbocycles. The molecule has 2 aromatic rings. The standard InChI is InChI=1S/C16H18OS/c17-16(14-8-3-1-4-9-14)12-7-13-18-15-10-5-2-6-11-15/h1-6,8-11,16-17H,7,12-13H2. The molecule has 1 atom stereocenters. The fourth-order valence-corrected chi connectivity index (χ4v) is 2.72. The lowest BCUT2D eigenvalue weighted by atomic mass is 10.1. The van der Waals surface area contributed by atoms with Gasteiger partial charge in [-0.1, -0.05) is 48.5 Å². The molecule has 0 aliphatic heterocycles. The number of aliphatic hydroxyl groups excluding tert-OH is 1. The normalized spacial score (nSPS) is 12.3. The van der Waals surface area contributed by atoms with Gasteiger partial charge in [0.2, 0.25) is 0 Å². The monoisotopic (exact) mass is 258 g/mol. The Labute approximate surface area is 113 Å². The number of benzene rings is 2. The van der Waals surface area contributed by atoms with E-state index in [4.69, 9.17) is 0 Å². The summed E-state index contributed by atoms with van der Waals surface area (Å²) in [5.41, 5.74) is 1.02. The minimum Gasteiger partial charge on any atom is -0.388 e. The molecule has 1 N–H and O–H groups in total. The lowest BCUT2D eigenvalue weighted by Gasteiger charge is -2.10. The minimum absolute atomic E-state index is 0.331. The molecule has 0 radical (unpaired) electrons. The zero-order chi connectivity index (χ0) is 12.6. The van der Waals surface area contributed by atoms with Crippen molar-refractivity contribution in [1.82, 2.24) is 0 Å². The second kappa shape index (κ2) is 7.24. The number of thioether (sulfide) groups is 1. The van der Waals surface area contributed by atoms with Gasteiger partial charge in [-0.05, 0) is 36.3 Å². The Bertz CT molecular complexity index is 441. The summed E-state index contributed by atoms with van der Waals surface area (Å²) < 4.78 is 0. The first-order chi connectivity index (χ1) is 8.86. The van der Waals surface area contributed by atoms with Crippen LogP contribution < -0.4 is 0 Å². The molecule has 2 rings (SSSR count). The Balaban J connectivity index is 1.70. The van der Waals surface area contributed by atoms with Crippen LogP contribution in [0, 0.1) is 0 Å². The fourth-order valence-electron chi connectivity index (χ4n) is 1.83. The molecule has 0 spiro atoms.